The molecule has 0 aliphatic heterocycles. The minimum Gasteiger partial charge on any atom is -0.356 e. The van der Waals surface area contributed by atoms with Crippen molar-refractivity contribution in [3.63, 3.8) is 0 Å². The molecule has 0 saturated heterocycles. The fourth-order valence-corrected chi connectivity index (χ4v) is 1.24. The van der Waals surface area contributed by atoms with Crippen LogP contribution in [0.5, 0.6) is 0 Å². The normalized spacial score (nSPS) is 15.9. The van der Waals surface area contributed by atoms with Crippen LogP contribution in [-0.2, 0) is 4.79 Å². The molecule has 1 saturated carbocycles. The van der Waals surface area contributed by atoms with Gasteiger partial charge in [-0.05, 0) is 31.2 Å². The Balaban J connectivity index is 1.86. The lowest BCUT2D eigenvalue weighted by atomic mass is 10.2. The lowest BCUT2D eigenvalue weighted by Gasteiger charge is -2.07. The van der Waals surface area contributed by atoms with Crippen molar-refractivity contribution in [2.24, 2.45) is 11.8 Å². The Morgan fingerprint density at radius 3 is 2.71 bits per heavy atom. The molecule has 0 aromatic heterocycles. The van der Waals surface area contributed by atoms with Gasteiger partial charge < -0.3 is 10.6 Å². The second kappa shape index (κ2) is 6.02. The number of hydrogen-bond donors (Lipinski definition) is 2. The Hall–Kier alpha value is -0.570. The SMILES string of the molecule is CC(C)CNC(=O)CCNCC1CC1. The molecule has 1 amide bonds. The molecule has 1 rings (SSSR count). The molecule has 1 fully saturated rings. The van der Waals surface area contributed by atoms with Gasteiger partial charge in [0.1, 0.15) is 0 Å². The van der Waals surface area contributed by atoms with Crippen molar-refractivity contribution in [1.29, 1.82) is 0 Å². The highest BCUT2D eigenvalue weighted by Gasteiger charge is 2.20. The molecule has 0 unspecified atom stereocenters. The molecule has 1 aliphatic carbocycles. The molecule has 0 bridgehead atoms. The Kier molecular flexibility index (Phi) is 4.94. The Bertz CT molecular complexity index is 176. The van der Waals surface area contributed by atoms with E-state index in [0.29, 0.717) is 12.3 Å². The quantitative estimate of drug-likeness (QED) is 0.602. The molecule has 0 aromatic rings. The second-order valence-corrected chi connectivity index (χ2v) is 4.60. The summed E-state index contributed by atoms with van der Waals surface area (Å²) in [4.78, 5) is 11.3. The first-order valence-electron chi connectivity index (χ1n) is 5.66. The first-order valence-corrected chi connectivity index (χ1v) is 5.66. The van der Waals surface area contributed by atoms with E-state index in [0.717, 1.165) is 25.6 Å². The van der Waals surface area contributed by atoms with Crippen molar-refractivity contribution in [2.45, 2.75) is 33.1 Å². The fraction of sp³-hybridized carbons (Fsp3) is 0.909. The predicted molar refractivity (Wildman–Crippen MR) is 58.1 cm³/mol. The lowest BCUT2D eigenvalue weighted by Crippen LogP contribution is -2.30. The van der Waals surface area contributed by atoms with Crippen molar-refractivity contribution >= 4 is 5.91 Å². The molecular weight excluding hydrogens is 176 g/mol. The predicted octanol–water partition coefficient (Wildman–Crippen LogP) is 1.15. The van der Waals surface area contributed by atoms with Gasteiger partial charge in [0.2, 0.25) is 5.91 Å². The smallest absolute Gasteiger partial charge is 0.221 e. The van der Waals surface area contributed by atoms with E-state index in [1.54, 1.807) is 0 Å². The fourth-order valence-electron chi connectivity index (χ4n) is 1.24. The Morgan fingerprint density at radius 2 is 2.14 bits per heavy atom. The maximum Gasteiger partial charge on any atom is 0.221 e. The van der Waals surface area contributed by atoms with Gasteiger partial charge >= 0.3 is 0 Å². The molecule has 82 valence electrons. The summed E-state index contributed by atoms with van der Waals surface area (Å²) in [6.45, 7) is 6.91. The van der Waals surface area contributed by atoms with Crippen molar-refractivity contribution in [1.82, 2.24) is 10.6 Å². The van der Waals surface area contributed by atoms with Gasteiger partial charge in [-0.25, -0.2) is 0 Å². The summed E-state index contributed by atoms with van der Waals surface area (Å²) in [7, 11) is 0. The van der Waals surface area contributed by atoms with Crippen LogP contribution in [0.25, 0.3) is 0 Å². The molecule has 3 heteroatoms. The molecule has 0 radical (unpaired) electrons. The third-order valence-corrected chi connectivity index (χ3v) is 2.37. The number of hydrogen-bond acceptors (Lipinski definition) is 2. The van der Waals surface area contributed by atoms with Crippen LogP contribution >= 0.6 is 0 Å². The van der Waals surface area contributed by atoms with E-state index >= 15 is 0 Å². The topological polar surface area (TPSA) is 41.1 Å². The van der Waals surface area contributed by atoms with E-state index in [1.165, 1.54) is 12.8 Å². The molecule has 2 N–H and O–H groups in total. The van der Waals surface area contributed by atoms with E-state index in [4.69, 9.17) is 0 Å². The highest BCUT2D eigenvalue weighted by Crippen LogP contribution is 2.27. The van der Waals surface area contributed by atoms with Gasteiger partial charge in [-0.1, -0.05) is 13.8 Å². The van der Waals surface area contributed by atoms with Gasteiger partial charge in [0.15, 0.2) is 0 Å². The van der Waals surface area contributed by atoms with E-state index in [2.05, 4.69) is 24.5 Å². The highest BCUT2D eigenvalue weighted by molar-refractivity contribution is 5.76. The van der Waals surface area contributed by atoms with Gasteiger partial charge in [-0.15, -0.1) is 0 Å². The van der Waals surface area contributed by atoms with Crippen LogP contribution < -0.4 is 10.6 Å². The zero-order chi connectivity index (χ0) is 10.4. The molecule has 0 spiro atoms. The van der Waals surface area contributed by atoms with Crippen molar-refractivity contribution in [3.05, 3.63) is 0 Å². The van der Waals surface area contributed by atoms with Crippen LogP contribution in [0.4, 0.5) is 0 Å². The van der Waals surface area contributed by atoms with Crippen molar-refractivity contribution < 1.29 is 4.79 Å². The van der Waals surface area contributed by atoms with Gasteiger partial charge in [-0.3, -0.25) is 4.79 Å². The van der Waals surface area contributed by atoms with Crippen molar-refractivity contribution in [2.75, 3.05) is 19.6 Å². The van der Waals surface area contributed by atoms with Gasteiger partial charge in [-0.2, -0.15) is 0 Å². The maximum atomic E-state index is 11.3. The summed E-state index contributed by atoms with van der Waals surface area (Å²) in [5, 5.41) is 6.21. The summed E-state index contributed by atoms with van der Waals surface area (Å²) >= 11 is 0. The molecule has 14 heavy (non-hydrogen) atoms. The largest absolute Gasteiger partial charge is 0.356 e. The summed E-state index contributed by atoms with van der Waals surface area (Å²) in [5.74, 6) is 1.61. The minimum atomic E-state index is 0.169. The zero-order valence-electron chi connectivity index (χ0n) is 9.31. The van der Waals surface area contributed by atoms with Crippen LogP contribution in [0, 0.1) is 11.8 Å². The summed E-state index contributed by atoms with van der Waals surface area (Å²) < 4.78 is 0. The highest BCUT2D eigenvalue weighted by atomic mass is 16.1. The summed E-state index contributed by atoms with van der Waals surface area (Å²) in [6.07, 6.45) is 3.35. The molecule has 1 aliphatic rings. The lowest BCUT2D eigenvalue weighted by molar-refractivity contribution is -0.121. The van der Waals surface area contributed by atoms with Gasteiger partial charge in [0.05, 0.1) is 0 Å². The van der Waals surface area contributed by atoms with E-state index < -0.39 is 0 Å². The van der Waals surface area contributed by atoms with Gasteiger partial charge in [0, 0.05) is 19.5 Å². The van der Waals surface area contributed by atoms with Crippen molar-refractivity contribution in [3.8, 4) is 0 Å². The number of amides is 1. The molecule has 3 nitrogen and oxygen atoms in total. The Labute approximate surface area is 86.6 Å². The standard InChI is InChI=1S/C11H22N2O/c1-9(2)7-13-11(14)5-6-12-8-10-3-4-10/h9-10,12H,3-8H2,1-2H3,(H,13,14). The Morgan fingerprint density at radius 1 is 1.43 bits per heavy atom. The first-order chi connectivity index (χ1) is 6.68. The van der Waals surface area contributed by atoms with E-state index in [-0.39, 0.29) is 5.91 Å². The van der Waals surface area contributed by atoms with Crippen LogP contribution in [0.1, 0.15) is 33.1 Å². The average molecular weight is 198 g/mol. The number of rotatable bonds is 7. The van der Waals surface area contributed by atoms with Crippen LogP contribution in [0.3, 0.4) is 0 Å². The maximum absolute atomic E-state index is 11.3. The molecule has 0 heterocycles. The zero-order valence-corrected chi connectivity index (χ0v) is 9.31. The van der Waals surface area contributed by atoms with Crippen LogP contribution in [0.2, 0.25) is 0 Å². The third kappa shape index (κ3) is 5.97. The number of carbonyl (C=O) groups is 1. The molecule has 0 atom stereocenters. The number of nitrogens with one attached hydrogen (secondary N) is 2. The van der Waals surface area contributed by atoms with E-state index in [9.17, 15) is 4.79 Å². The van der Waals surface area contributed by atoms with Gasteiger partial charge in [0.25, 0.3) is 0 Å². The monoisotopic (exact) mass is 198 g/mol. The minimum absolute atomic E-state index is 0.169. The summed E-state index contributed by atoms with van der Waals surface area (Å²) in [6, 6.07) is 0. The molecular formula is C11H22N2O. The van der Waals surface area contributed by atoms with Crippen LogP contribution in [-0.4, -0.2) is 25.5 Å². The summed E-state index contributed by atoms with van der Waals surface area (Å²) in [5.41, 5.74) is 0. The third-order valence-electron chi connectivity index (χ3n) is 2.37. The first kappa shape index (κ1) is 11.5. The van der Waals surface area contributed by atoms with E-state index in [1.807, 2.05) is 0 Å². The number of carbonyl (C=O) groups excluding carboxylic acids is 1. The average Bonchev–Trinajstić information content (AvgIpc) is 2.92. The molecule has 0 aromatic carbocycles. The second-order valence-electron chi connectivity index (χ2n) is 4.60. The van der Waals surface area contributed by atoms with Crippen LogP contribution in [0.15, 0.2) is 0 Å².